The number of aliphatic hydroxyl groups is 1. The fourth-order valence-electron chi connectivity index (χ4n) is 1.87. The second kappa shape index (κ2) is 4.40. The van der Waals surface area contributed by atoms with Crippen molar-refractivity contribution in [3.8, 4) is 0 Å². The maximum absolute atomic E-state index is 9.58. The van der Waals surface area contributed by atoms with Crippen LogP contribution in [0, 0.1) is 0 Å². The van der Waals surface area contributed by atoms with E-state index in [0.717, 1.165) is 26.1 Å². The van der Waals surface area contributed by atoms with Crippen LogP contribution in [0.3, 0.4) is 0 Å². The summed E-state index contributed by atoms with van der Waals surface area (Å²) in [6, 6.07) is 0.558. The van der Waals surface area contributed by atoms with Crippen molar-refractivity contribution in [2.24, 2.45) is 5.73 Å². The van der Waals surface area contributed by atoms with Gasteiger partial charge in [0, 0.05) is 19.1 Å². The molecule has 0 aromatic rings. The van der Waals surface area contributed by atoms with Gasteiger partial charge >= 0.3 is 0 Å². The minimum Gasteiger partial charge on any atom is -0.390 e. The van der Waals surface area contributed by atoms with Gasteiger partial charge in [-0.2, -0.15) is 0 Å². The van der Waals surface area contributed by atoms with E-state index in [1.165, 1.54) is 12.8 Å². The van der Waals surface area contributed by atoms with E-state index in [2.05, 4.69) is 4.90 Å². The Kier molecular flexibility index (Phi) is 3.71. The lowest BCUT2D eigenvalue weighted by molar-refractivity contribution is 0.0563. The number of nitrogens with two attached hydrogens (primary N) is 1. The van der Waals surface area contributed by atoms with E-state index in [1.54, 1.807) is 0 Å². The Morgan fingerprint density at radius 2 is 2.23 bits per heavy atom. The highest BCUT2D eigenvalue weighted by Crippen LogP contribution is 2.18. The van der Waals surface area contributed by atoms with Crippen molar-refractivity contribution < 1.29 is 5.11 Å². The van der Waals surface area contributed by atoms with Gasteiger partial charge in [0.05, 0.1) is 5.60 Å². The van der Waals surface area contributed by atoms with E-state index in [9.17, 15) is 5.11 Å². The second-order valence-electron chi connectivity index (χ2n) is 4.63. The van der Waals surface area contributed by atoms with E-state index < -0.39 is 5.60 Å². The molecule has 0 amide bonds. The van der Waals surface area contributed by atoms with E-state index in [-0.39, 0.29) is 0 Å². The van der Waals surface area contributed by atoms with Crippen LogP contribution in [0.2, 0.25) is 0 Å². The van der Waals surface area contributed by atoms with Gasteiger partial charge in [0.2, 0.25) is 0 Å². The normalized spacial score (nSPS) is 25.4. The predicted octanol–water partition coefficient (Wildman–Crippen LogP) is 0.571. The maximum atomic E-state index is 9.58. The summed E-state index contributed by atoms with van der Waals surface area (Å²) in [5.41, 5.74) is 5.12. The minimum atomic E-state index is -0.540. The van der Waals surface area contributed by atoms with Crippen LogP contribution in [0.5, 0.6) is 0 Å². The lowest BCUT2D eigenvalue weighted by Crippen LogP contribution is -2.38. The third-order valence-electron chi connectivity index (χ3n) is 2.78. The number of hydrogen-bond acceptors (Lipinski definition) is 3. The zero-order valence-electron chi connectivity index (χ0n) is 8.79. The average molecular weight is 186 g/mol. The van der Waals surface area contributed by atoms with Gasteiger partial charge in [-0.3, -0.25) is 4.90 Å². The molecule has 1 atom stereocenters. The molecule has 3 heteroatoms. The molecule has 1 aliphatic heterocycles. The average Bonchev–Trinajstić information content (AvgIpc) is 2.46. The van der Waals surface area contributed by atoms with Crippen LogP contribution in [0.1, 0.15) is 33.1 Å². The molecular weight excluding hydrogens is 164 g/mol. The van der Waals surface area contributed by atoms with Crippen LogP contribution in [0.25, 0.3) is 0 Å². The Labute approximate surface area is 80.9 Å². The third kappa shape index (κ3) is 3.63. The van der Waals surface area contributed by atoms with Crippen molar-refractivity contribution in [2.45, 2.75) is 44.8 Å². The lowest BCUT2D eigenvalue weighted by atomic mass is 10.1. The molecule has 0 saturated carbocycles. The van der Waals surface area contributed by atoms with Crippen LogP contribution in [-0.2, 0) is 0 Å². The maximum Gasteiger partial charge on any atom is 0.0603 e. The van der Waals surface area contributed by atoms with Gasteiger partial charge in [0.15, 0.2) is 0 Å². The Morgan fingerprint density at radius 1 is 1.54 bits per heavy atom. The van der Waals surface area contributed by atoms with Gasteiger partial charge in [-0.05, 0) is 39.7 Å². The molecule has 1 aliphatic rings. The lowest BCUT2D eigenvalue weighted by Gasteiger charge is -2.26. The predicted molar refractivity (Wildman–Crippen MR) is 54.6 cm³/mol. The number of rotatable bonds is 4. The molecule has 1 fully saturated rings. The summed E-state index contributed by atoms with van der Waals surface area (Å²) in [7, 11) is 0. The van der Waals surface area contributed by atoms with Crippen molar-refractivity contribution in [3.63, 3.8) is 0 Å². The molecule has 13 heavy (non-hydrogen) atoms. The van der Waals surface area contributed by atoms with Gasteiger partial charge in [0.25, 0.3) is 0 Å². The Hall–Kier alpha value is -0.120. The Balaban J connectivity index is 2.28. The molecule has 0 aliphatic carbocycles. The van der Waals surface area contributed by atoms with Crippen LogP contribution < -0.4 is 5.73 Å². The molecule has 1 unspecified atom stereocenters. The van der Waals surface area contributed by atoms with E-state index in [4.69, 9.17) is 5.73 Å². The molecule has 3 nitrogen and oxygen atoms in total. The molecular formula is C10H22N2O. The van der Waals surface area contributed by atoms with Gasteiger partial charge in [-0.15, -0.1) is 0 Å². The summed E-state index contributed by atoms with van der Waals surface area (Å²) in [6.07, 6.45) is 3.32. The van der Waals surface area contributed by atoms with Gasteiger partial charge in [0.1, 0.15) is 0 Å². The number of nitrogens with zero attached hydrogens (tertiary/aromatic N) is 1. The van der Waals surface area contributed by atoms with Crippen molar-refractivity contribution in [2.75, 3.05) is 19.6 Å². The SMILES string of the molecule is CC(C)(O)CCN1CCCC1CN. The van der Waals surface area contributed by atoms with E-state index >= 15 is 0 Å². The molecule has 0 spiro atoms. The van der Waals surface area contributed by atoms with Crippen LogP contribution in [-0.4, -0.2) is 41.3 Å². The second-order valence-corrected chi connectivity index (χ2v) is 4.63. The first kappa shape index (κ1) is 11.0. The highest BCUT2D eigenvalue weighted by Gasteiger charge is 2.24. The third-order valence-corrected chi connectivity index (χ3v) is 2.78. The van der Waals surface area contributed by atoms with Crippen LogP contribution >= 0.6 is 0 Å². The zero-order valence-corrected chi connectivity index (χ0v) is 8.79. The summed E-state index contributed by atoms with van der Waals surface area (Å²) in [5, 5.41) is 9.58. The molecule has 0 bridgehead atoms. The molecule has 78 valence electrons. The molecule has 1 saturated heterocycles. The number of likely N-dealkylation sites (tertiary alicyclic amines) is 1. The molecule has 0 aromatic carbocycles. The quantitative estimate of drug-likeness (QED) is 0.675. The van der Waals surface area contributed by atoms with Crippen molar-refractivity contribution in [3.05, 3.63) is 0 Å². The number of hydrogen-bond donors (Lipinski definition) is 2. The first-order valence-electron chi connectivity index (χ1n) is 5.19. The summed E-state index contributed by atoms with van der Waals surface area (Å²) in [4.78, 5) is 2.40. The summed E-state index contributed by atoms with van der Waals surface area (Å²) >= 11 is 0. The van der Waals surface area contributed by atoms with Gasteiger partial charge < -0.3 is 10.8 Å². The first-order chi connectivity index (χ1) is 6.03. The summed E-state index contributed by atoms with van der Waals surface area (Å²) in [6.45, 7) is 6.61. The van der Waals surface area contributed by atoms with Crippen LogP contribution in [0.4, 0.5) is 0 Å². The summed E-state index contributed by atoms with van der Waals surface area (Å²) < 4.78 is 0. The largest absolute Gasteiger partial charge is 0.390 e. The molecule has 1 rings (SSSR count). The van der Waals surface area contributed by atoms with Gasteiger partial charge in [-0.25, -0.2) is 0 Å². The van der Waals surface area contributed by atoms with E-state index in [1.807, 2.05) is 13.8 Å². The molecule has 3 N–H and O–H groups in total. The topological polar surface area (TPSA) is 49.5 Å². The van der Waals surface area contributed by atoms with Crippen molar-refractivity contribution in [1.82, 2.24) is 4.90 Å². The summed E-state index contributed by atoms with van der Waals surface area (Å²) in [5.74, 6) is 0. The fourth-order valence-corrected chi connectivity index (χ4v) is 1.87. The van der Waals surface area contributed by atoms with Gasteiger partial charge in [-0.1, -0.05) is 0 Å². The minimum absolute atomic E-state index is 0.540. The Morgan fingerprint density at radius 3 is 2.77 bits per heavy atom. The highest BCUT2D eigenvalue weighted by molar-refractivity contribution is 4.81. The van der Waals surface area contributed by atoms with Crippen molar-refractivity contribution in [1.29, 1.82) is 0 Å². The zero-order chi connectivity index (χ0) is 9.90. The van der Waals surface area contributed by atoms with Crippen LogP contribution in [0.15, 0.2) is 0 Å². The molecule has 1 heterocycles. The Bertz CT molecular complexity index is 153. The fraction of sp³-hybridized carbons (Fsp3) is 1.00. The molecule has 0 radical (unpaired) electrons. The smallest absolute Gasteiger partial charge is 0.0603 e. The molecule has 0 aromatic heterocycles. The monoisotopic (exact) mass is 186 g/mol. The van der Waals surface area contributed by atoms with E-state index in [0.29, 0.717) is 6.04 Å². The van der Waals surface area contributed by atoms with Crippen molar-refractivity contribution >= 4 is 0 Å². The highest BCUT2D eigenvalue weighted by atomic mass is 16.3. The standard InChI is InChI=1S/C10H22N2O/c1-10(2,13)5-7-12-6-3-4-9(12)8-11/h9,13H,3-8,11H2,1-2H3. The first-order valence-corrected chi connectivity index (χ1v) is 5.19.